The SMILES string of the molecule is Cc1cc(Cl)ccc1C(=O)N(CCO)C1CCCCC1. The van der Waals surface area contributed by atoms with Crippen molar-refractivity contribution in [3.63, 3.8) is 0 Å². The first-order valence-electron chi connectivity index (χ1n) is 7.31. The summed E-state index contributed by atoms with van der Waals surface area (Å²) in [5.74, 6) is 0.0140. The Morgan fingerprint density at radius 1 is 1.35 bits per heavy atom. The molecule has 3 nitrogen and oxygen atoms in total. The number of aliphatic hydroxyl groups is 1. The fourth-order valence-corrected chi connectivity index (χ4v) is 3.20. The fraction of sp³-hybridized carbons (Fsp3) is 0.562. The van der Waals surface area contributed by atoms with E-state index in [1.807, 2.05) is 17.9 Å². The summed E-state index contributed by atoms with van der Waals surface area (Å²) in [6.07, 6.45) is 5.66. The molecular formula is C16H22ClNO2. The number of carbonyl (C=O) groups excluding carboxylic acids is 1. The maximum atomic E-state index is 12.7. The molecule has 0 atom stereocenters. The van der Waals surface area contributed by atoms with Crippen LogP contribution in [0.3, 0.4) is 0 Å². The van der Waals surface area contributed by atoms with Crippen molar-refractivity contribution in [2.75, 3.05) is 13.2 Å². The lowest BCUT2D eigenvalue weighted by molar-refractivity contribution is 0.0584. The summed E-state index contributed by atoms with van der Waals surface area (Å²) in [7, 11) is 0. The zero-order valence-electron chi connectivity index (χ0n) is 11.9. The van der Waals surface area contributed by atoms with E-state index in [2.05, 4.69) is 0 Å². The molecule has 110 valence electrons. The Kier molecular flexibility index (Phi) is 5.44. The van der Waals surface area contributed by atoms with Crippen molar-refractivity contribution in [1.29, 1.82) is 0 Å². The third-order valence-corrected chi connectivity index (χ3v) is 4.27. The molecule has 0 aliphatic heterocycles. The monoisotopic (exact) mass is 295 g/mol. The summed E-state index contributed by atoms with van der Waals surface area (Å²) in [6.45, 7) is 2.32. The third kappa shape index (κ3) is 3.53. The number of halogens is 1. The van der Waals surface area contributed by atoms with Crippen LogP contribution in [-0.4, -0.2) is 35.1 Å². The van der Waals surface area contributed by atoms with E-state index in [1.54, 1.807) is 12.1 Å². The maximum Gasteiger partial charge on any atom is 0.254 e. The van der Waals surface area contributed by atoms with Gasteiger partial charge in [0.1, 0.15) is 0 Å². The van der Waals surface area contributed by atoms with E-state index >= 15 is 0 Å². The molecule has 0 spiro atoms. The molecule has 1 saturated carbocycles. The van der Waals surface area contributed by atoms with E-state index in [9.17, 15) is 9.90 Å². The highest BCUT2D eigenvalue weighted by Crippen LogP contribution is 2.25. The molecule has 1 aromatic carbocycles. The van der Waals surface area contributed by atoms with E-state index in [0.29, 0.717) is 17.1 Å². The first-order valence-corrected chi connectivity index (χ1v) is 7.69. The Morgan fingerprint density at radius 3 is 2.65 bits per heavy atom. The molecule has 4 heteroatoms. The third-order valence-electron chi connectivity index (χ3n) is 4.04. The van der Waals surface area contributed by atoms with Gasteiger partial charge in [-0.15, -0.1) is 0 Å². The Morgan fingerprint density at radius 2 is 2.05 bits per heavy atom. The van der Waals surface area contributed by atoms with Gasteiger partial charge in [-0.1, -0.05) is 30.9 Å². The van der Waals surface area contributed by atoms with Crippen molar-refractivity contribution in [3.05, 3.63) is 34.3 Å². The number of hydrogen-bond acceptors (Lipinski definition) is 2. The van der Waals surface area contributed by atoms with Gasteiger partial charge in [0.05, 0.1) is 6.61 Å². The van der Waals surface area contributed by atoms with E-state index in [-0.39, 0.29) is 18.6 Å². The molecule has 1 N–H and O–H groups in total. The van der Waals surface area contributed by atoms with E-state index in [0.717, 1.165) is 18.4 Å². The van der Waals surface area contributed by atoms with Gasteiger partial charge < -0.3 is 10.0 Å². The average molecular weight is 296 g/mol. The van der Waals surface area contributed by atoms with E-state index in [4.69, 9.17) is 11.6 Å². The topological polar surface area (TPSA) is 40.5 Å². The molecule has 1 aliphatic carbocycles. The standard InChI is InChI=1S/C16H22ClNO2/c1-12-11-13(17)7-8-15(12)16(20)18(9-10-19)14-5-3-2-4-6-14/h7-8,11,14,19H,2-6,9-10H2,1H3. The van der Waals surface area contributed by atoms with Crippen LogP contribution in [0, 0.1) is 6.92 Å². The summed E-state index contributed by atoms with van der Waals surface area (Å²) in [5.41, 5.74) is 1.58. The van der Waals surface area contributed by atoms with Crippen LogP contribution in [0.2, 0.25) is 5.02 Å². The van der Waals surface area contributed by atoms with E-state index in [1.165, 1.54) is 19.3 Å². The second-order valence-corrected chi connectivity index (χ2v) is 5.91. The molecule has 0 unspecified atom stereocenters. The number of aliphatic hydroxyl groups excluding tert-OH is 1. The molecule has 0 bridgehead atoms. The van der Waals surface area contributed by atoms with Crippen molar-refractivity contribution in [3.8, 4) is 0 Å². The number of hydrogen-bond donors (Lipinski definition) is 1. The van der Waals surface area contributed by atoms with Crippen LogP contribution < -0.4 is 0 Å². The highest BCUT2D eigenvalue weighted by atomic mass is 35.5. The van der Waals surface area contributed by atoms with Crippen LogP contribution in [0.1, 0.15) is 48.0 Å². The van der Waals surface area contributed by atoms with Gasteiger partial charge in [-0.25, -0.2) is 0 Å². The maximum absolute atomic E-state index is 12.7. The Balaban J connectivity index is 2.21. The number of aryl methyl sites for hydroxylation is 1. The smallest absolute Gasteiger partial charge is 0.254 e. The van der Waals surface area contributed by atoms with Crippen LogP contribution in [0.4, 0.5) is 0 Å². The first kappa shape index (κ1) is 15.3. The number of rotatable bonds is 4. The average Bonchev–Trinajstić information content (AvgIpc) is 2.45. The van der Waals surface area contributed by atoms with Gasteiger partial charge in [0, 0.05) is 23.2 Å². The fourth-order valence-electron chi connectivity index (χ4n) is 2.97. The van der Waals surface area contributed by atoms with Crippen LogP contribution in [0.5, 0.6) is 0 Å². The van der Waals surface area contributed by atoms with Crippen molar-refractivity contribution in [2.24, 2.45) is 0 Å². The van der Waals surface area contributed by atoms with Crippen LogP contribution in [0.25, 0.3) is 0 Å². The minimum absolute atomic E-state index is 0.00881. The molecule has 0 heterocycles. The summed E-state index contributed by atoms with van der Waals surface area (Å²) in [6, 6.07) is 5.61. The number of amides is 1. The van der Waals surface area contributed by atoms with Gasteiger partial charge in [-0.05, 0) is 43.5 Å². The van der Waals surface area contributed by atoms with Crippen LogP contribution in [-0.2, 0) is 0 Å². The first-order chi connectivity index (χ1) is 9.63. The van der Waals surface area contributed by atoms with Crippen molar-refractivity contribution >= 4 is 17.5 Å². The quantitative estimate of drug-likeness (QED) is 0.924. The van der Waals surface area contributed by atoms with Gasteiger partial charge in [-0.3, -0.25) is 4.79 Å². The van der Waals surface area contributed by atoms with Gasteiger partial charge in [0.2, 0.25) is 0 Å². The van der Waals surface area contributed by atoms with Gasteiger partial charge in [0.15, 0.2) is 0 Å². The molecule has 1 aliphatic rings. The summed E-state index contributed by atoms with van der Waals surface area (Å²) in [5, 5.41) is 9.91. The van der Waals surface area contributed by atoms with Gasteiger partial charge in [-0.2, -0.15) is 0 Å². The summed E-state index contributed by atoms with van der Waals surface area (Å²) < 4.78 is 0. The second kappa shape index (κ2) is 7.09. The number of nitrogens with zero attached hydrogens (tertiary/aromatic N) is 1. The van der Waals surface area contributed by atoms with Crippen LogP contribution in [0.15, 0.2) is 18.2 Å². The lowest BCUT2D eigenvalue weighted by Crippen LogP contribution is -2.43. The molecule has 1 aromatic rings. The Hall–Kier alpha value is -1.06. The Labute approximate surface area is 125 Å². The van der Waals surface area contributed by atoms with Crippen molar-refractivity contribution < 1.29 is 9.90 Å². The van der Waals surface area contributed by atoms with E-state index < -0.39 is 0 Å². The lowest BCUT2D eigenvalue weighted by Gasteiger charge is -2.34. The largest absolute Gasteiger partial charge is 0.395 e. The summed E-state index contributed by atoms with van der Waals surface area (Å²) in [4.78, 5) is 14.6. The molecule has 1 amide bonds. The zero-order chi connectivity index (χ0) is 14.5. The molecule has 0 saturated heterocycles. The van der Waals surface area contributed by atoms with Crippen molar-refractivity contribution in [2.45, 2.75) is 45.1 Å². The molecule has 1 fully saturated rings. The number of benzene rings is 1. The zero-order valence-corrected chi connectivity index (χ0v) is 12.7. The molecule has 2 rings (SSSR count). The summed E-state index contributed by atoms with van der Waals surface area (Å²) >= 11 is 5.95. The molecule has 20 heavy (non-hydrogen) atoms. The minimum atomic E-state index is 0.00881. The van der Waals surface area contributed by atoms with Gasteiger partial charge in [0.25, 0.3) is 5.91 Å². The normalized spacial score (nSPS) is 16.1. The van der Waals surface area contributed by atoms with Crippen LogP contribution >= 0.6 is 11.6 Å². The predicted octanol–water partition coefficient (Wildman–Crippen LogP) is 3.42. The molecule has 0 radical (unpaired) electrons. The van der Waals surface area contributed by atoms with Crippen molar-refractivity contribution in [1.82, 2.24) is 4.90 Å². The molecule has 0 aromatic heterocycles. The van der Waals surface area contributed by atoms with Gasteiger partial charge >= 0.3 is 0 Å². The minimum Gasteiger partial charge on any atom is -0.395 e. The number of carbonyl (C=O) groups is 1. The predicted molar refractivity (Wildman–Crippen MR) is 81.2 cm³/mol. The molecular weight excluding hydrogens is 274 g/mol. The Bertz CT molecular complexity index is 470. The highest BCUT2D eigenvalue weighted by molar-refractivity contribution is 6.30. The second-order valence-electron chi connectivity index (χ2n) is 5.47. The lowest BCUT2D eigenvalue weighted by atomic mass is 9.93. The highest BCUT2D eigenvalue weighted by Gasteiger charge is 2.26.